The van der Waals surface area contributed by atoms with E-state index in [1.54, 1.807) is 84.9 Å². The molecular weight excluding hydrogens is 389 g/mol. The zero-order chi connectivity index (χ0) is 21.3. The molecule has 3 atom stereocenters. The van der Waals surface area contributed by atoms with E-state index >= 15 is 0 Å². The zero-order valence-corrected chi connectivity index (χ0v) is 16.3. The summed E-state index contributed by atoms with van der Waals surface area (Å²) in [5.41, 5.74) is 4.91. The first-order chi connectivity index (χ1) is 14.4. The maximum absolute atomic E-state index is 14.1. The van der Waals surface area contributed by atoms with Crippen molar-refractivity contribution >= 4 is 11.5 Å². The van der Waals surface area contributed by atoms with Crippen LogP contribution in [0.15, 0.2) is 84.9 Å². The molecule has 0 saturated carbocycles. The number of ketones is 1. The highest BCUT2D eigenvalue weighted by molar-refractivity contribution is 6.03. The normalized spacial score (nSPS) is 21.6. The van der Waals surface area contributed by atoms with Gasteiger partial charge in [-0.2, -0.15) is 13.2 Å². The molecule has 0 spiro atoms. The number of anilines is 1. The summed E-state index contributed by atoms with van der Waals surface area (Å²) in [6.07, 6.45) is -4.53. The van der Waals surface area contributed by atoms with Crippen LogP contribution in [0.3, 0.4) is 0 Å². The van der Waals surface area contributed by atoms with Gasteiger partial charge in [0.15, 0.2) is 5.78 Å². The summed E-state index contributed by atoms with van der Waals surface area (Å²) in [5, 5.41) is 1.37. The fourth-order valence-corrected chi connectivity index (χ4v) is 3.97. The Labute approximate surface area is 173 Å². The number of rotatable bonds is 4. The molecule has 0 bridgehead atoms. The van der Waals surface area contributed by atoms with Crippen LogP contribution in [-0.2, 0) is 0 Å². The Bertz CT molecular complexity index is 1000. The number of Topliss-reactive ketones (excluding diaryl/α,β-unsaturated/α-hetero) is 1. The van der Waals surface area contributed by atoms with Crippen molar-refractivity contribution in [2.24, 2.45) is 0 Å². The minimum atomic E-state index is -4.53. The minimum absolute atomic E-state index is 0.357. The highest BCUT2D eigenvalue weighted by Crippen LogP contribution is 2.42. The molecule has 1 aliphatic rings. The van der Waals surface area contributed by atoms with Crippen molar-refractivity contribution in [3.8, 4) is 0 Å². The number of aryl methyl sites for hydroxylation is 1. The van der Waals surface area contributed by atoms with Crippen LogP contribution in [0.25, 0.3) is 0 Å². The van der Waals surface area contributed by atoms with Gasteiger partial charge in [-0.3, -0.25) is 9.80 Å². The number of nitrogens with one attached hydrogen (secondary N) is 1. The van der Waals surface area contributed by atoms with E-state index in [4.69, 9.17) is 0 Å². The summed E-state index contributed by atoms with van der Waals surface area (Å²) in [7, 11) is 0. The van der Waals surface area contributed by atoms with E-state index in [0.717, 1.165) is 5.56 Å². The van der Waals surface area contributed by atoms with Gasteiger partial charge in [0.1, 0.15) is 12.1 Å². The van der Waals surface area contributed by atoms with Crippen LogP contribution in [0, 0.1) is 6.92 Å². The molecule has 4 rings (SSSR count). The minimum Gasteiger partial charge on any atom is -0.296 e. The second-order valence-electron chi connectivity index (χ2n) is 7.47. The van der Waals surface area contributed by atoms with Crippen LogP contribution < -0.4 is 10.4 Å². The number of hydrazine groups is 1. The first kappa shape index (κ1) is 20.2. The Morgan fingerprint density at radius 2 is 1.43 bits per heavy atom. The van der Waals surface area contributed by atoms with Crippen LogP contribution in [0.2, 0.25) is 0 Å². The van der Waals surface area contributed by atoms with E-state index in [9.17, 15) is 18.0 Å². The molecule has 6 heteroatoms. The van der Waals surface area contributed by atoms with Crippen molar-refractivity contribution in [3.63, 3.8) is 0 Å². The second kappa shape index (κ2) is 7.95. The lowest BCUT2D eigenvalue weighted by atomic mass is 9.82. The number of carbonyl (C=O) groups excluding carboxylic acids is 1. The van der Waals surface area contributed by atoms with Gasteiger partial charge in [-0.25, -0.2) is 5.43 Å². The summed E-state index contributed by atoms with van der Waals surface area (Å²) >= 11 is 0. The number of hydrogen-bond donors (Lipinski definition) is 1. The Hall–Kier alpha value is -3.12. The molecule has 1 fully saturated rings. The SMILES string of the molecule is Cc1ccc([C@@H]2[C@@H](C(=O)c3ccccc3)N(c3ccccc3)N[C@H]2C(F)(F)F)cc1. The standard InChI is InChI=1S/C24H21F3N2O/c1-16-12-14-17(15-13-16)20-21(22(30)18-8-4-2-5-9-18)29(19-10-6-3-7-11-19)28-23(20)24(25,26)27/h2-15,20-21,23,28H,1H3/t20-,21+,23-/m1/s1. The van der Waals surface area contributed by atoms with E-state index in [-0.39, 0.29) is 5.78 Å². The van der Waals surface area contributed by atoms with Gasteiger partial charge in [0.25, 0.3) is 0 Å². The first-order valence-electron chi connectivity index (χ1n) is 9.69. The number of hydrogen-bond acceptors (Lipinski definition) is 3. The van der Waals surface area contributed by atoms with Crippen LogP contribution in [0.1, 0.15) is 27.4 Å². The predicted molar refractivity (Wildman–Crippen MR) is 110 cm³/mol. The lowest BCUT2D eigenvalue weighted by Gasteiger charge is -2.28. The molecule has 1 N–H and O–H groups in total. The molecule has 0 aromatic heterocycles. The number of nitrogens with zero attached hydrogens (tertiary/aromatic N) is 1. The van der Waals surface area contributed by atoms with Crippen molar-refractivity contribution < 1.29 is 18.0 Å². The molecule has 30 heavy (non-hydrogen) atoms. The topological polar surface area (TPSA) is 32.3 Å². The predicted octanol–water partition coefficient (Wildman–Crippen LogP) is 5.29. The van der Waals surface area contributed by atoms with Crippen molar-refractivity contribution in [3.05, 3.63) is 102 Å². The maximum Gasteiger partial charge on any atom is 0.406 e. The highest BCUT2D eigenvalue weighted by Gasteiger charge is 2.57. The second-order valence-corrected chi connectivity index (χ2v) is 7.47. The van der Waals surface area contributed by atoms with Crippen molar-refractivity contribution in [2.75, 3.05) is 5.01 Å². The molecule has 1 heterocycles. The van der Waals surface area contributed by atoms with Gasteiger partial charge in [0.2, 0.25) is 0 Å². The molecule has 0 radical (unpaired) electrons. The van der Waals surface area contributed by atoms with Gasteiger partial charge in [0, 0.05) is 11.5 Å². The van der Waals surface area contributed by atoms with Crippen LogP contribution in [0.5, 0.6) is 0 Å². The molecule has 1 aliphatic heterocycles. The van der Waals surface area contributed by atoms with Crippen molar-refractivity contribution in [1.82, 2.24) is 5.43 Å². The molecule has 0 amide bonds. The smallest absolute Gasteiger partial charge is 0.296 e. The summed E-state index contributed by atoms with van der Waals surface area (Å²) in [6.45, 7) is 1.88. The van der Waals surface area contributed by atoms with E-state index in [1.165, 1.54) is 5.01 Å². The van der Waals surface area contributed by atoms with Crippen molar-refractivity contribution in [2.45, 2.75) is 31.1 Å². The Morgan fingerprint density at radius 3 is 2.00 bits per heavy atom. The first-order valence-corrected chi connectivity index (χ1v) is 9.69. The molecule has 0 aliphatic carbocycles. The number of benzene rings is 3. The summed E-state index contributed by atoms with van der Waals surface area (Å²) < 4.78 is 42.3. The van der Waals surface area contributed by atoms with Crippen LogP contribution in [0.4, 0.5) is 18.9 Å². The fourth-order valence-electron chi connectivity index (χ4n) is 3.97. The van der Waals surface area contributed by atoms with E-state index in [2.05, 4.69) is 5.43 Å². The number of para-hydroxylation sites is 1. The monoisotopic (exact) mass is 410 g/mol. The average Bonchev–Trinajstić information content (AvgIpc) is 3.16. The molecule has 1 saturated heterocycles. The Kier molecular flexibility index (Phi) is 5.35. The van der Waals surface area contributed by atoms with Gasteiger partial charge in [-0.05, 0) is 24.6 Å². The number of halogens is 3. The van der Waals surface area contributed by atoms with Gasteiger partial charge in [-0.15, -0.1) is 0 Å². The van der Waals surface area contributed by atoms with Crippen LogP contribution >= 0.6 is 0 Å². The number of carbonyl (C=O) groups is 1. The zero-order valence-electron chi connectivity index (χ0n) is 16.3. The van der Waals surface area contributed by atoms with Crippen LogP contribution in [-0.4, -0.2) is 24.0 Å². The largest absolute Gasteiger partial charge is 0.406 e. The van der Waals surface area contributed by atoms with Gasteiger partial charge in [-0.1, -0.05) is 78.4 Å². The lowest BCUT2D eigenvalue weighted by Crippen LogP contribution is -2.46. The van der Waals surface area contributed by atoms with E-state index < -0.39 is 24.2 Å². The third-order valence-corrected chi connectivity index (χ3v) is 5.43. The maximum atomic E-state index is 14.1. The van der Waals surface area contributed by atoms with Crippen molar-refractivity contribution in [1.29, 1.82) is 0 Å². The summed E-state index contributed by atoms with van der Waals surface area (Å²) in [4.78, 5) is 13.5. The lowest BCUT2D eigenvalue weighted by molar-refractivity contribution is -0.155. The summed E-state index contributed by atoms with van der Waals surface area (Å²) in [6, 6.07) is 21.1. The van der Waals surface area contributed by atoms with Gasteiger partial charge in [0.05, 0.1) is 5.69 Å². The molecule has 0 unspecified atom stereocenters. The Morgan fingerprint density at radius 1 is 0.867 bits per heavy atom. The summed E-state index contributed by atoms with van der Waals surface area (Å²) in [5.74, 6) is -1.46. The molecule has 3 aromatic carbocycles. The third-order valence-electron chi connectivity index (χ3n) is 5.43. The highest BCUT2D eigenvalue weighted by atomic mass is 19.4. The average molecular weight is 410 g/mol. The molecular formula is C24H21F3N2O. The molecule has 3 nitrogen and oxygen atoms in total. The van der Waals surface area contributed by atoms with Gasteiger partial charge >= 0.3 is 6.18 Å². The van der Waals surface area contributed by atoms with E-state index in [0.29, 0.717) is 16.8 Å². The van der Waals surface area contributed by atoms with E-state index in [1.807, 2.05) is 6.92 Å². The Balaban J connectivity index is 1.87. The van der Waals surface area contributed by atoms with Gasteiger partial charge < -0.3 is 0 Å². The quantitative estimate of drug-likeness (QED) is 0.594. The fraction of sp³-hybridized carbons (Fsp3) is 0.208. The third kappa shape index (κ3) is 3.83. The molecule has 3 aromatic rings. The number of alkyl halides is 3. The molecule has 154 valence electrons.